The second-order valence-electron chi connectivity index (χ2n) is 20.6. The maximum absolute atomic E-state index is 12.6. The highest BCUT2D eigenvalue weighted by Gasteiger charge is 2.26. The molecule has 0 radical (unpaired) electrons. The molecule has 0 spiro atoms. The van der Waals surface area contributed by atoms with Crippen LogP contribution in [-0.4, -0.2) is 19.6 Å². The second-order valence-corrected chi connectivity index (χ2v) is 20.6. The van der Waals surface area contributed by atoms with Crippen molar-refractivity contribution >= 4 is 11.0 Å². The topological polar surface area (TPSA) is 50.9 Å². The molecule has 0 unspecified atom stereocenters. The number of hydrogen-bond donors (Lipinski definition) is 1. The van der Waals surface area contributed by atoms with E-state index in [2.05, 4.69) is 81.4 Å². The molecule has 10 aromatic rings. The third-order valence-electron chi connectivity index (χ3n) is 13.9. The molecule has 2 heterocycles. The third kappa shape index (κ3) is 9.30. The highest BCUT2D eigenvalue weighted by molar-refractivity contribution is 5.99. The van der Waals surface area contributed by atoms with Gasteiger partial charge in [-0.2, -0.15) is 0 Å². The van der Waals surface area contributed by atoms with E-state index >= 15 is 0 Å². The first-order valence-electron chi connectivity index (χ1n) is 27.8. The van der Waals surface area contributed by atoms with Crippen molar-refractivity contribution in [3.8, 4) is 89.7 Å². The fraction of sp³-hybridized carbons (Fsp3) is 0.206. The number of rotatable bonds is 11. The molecule has 4 heteroatoms. The first-order chi connectivity index (χ1) is 36.7. The molecule has 0 saturated heterocycles. The number of imidazole rings is 1. The second kappa shape index (κ2) is 19.4. The molecule has 0 aliphatic carbocycles. The number of phenols is 1. The minimum absolute atomic E-state index is 0.115. The number of aromatic nitrogens is 3. The molecule has 10 rings (SSSR count). The Morgan fingerprint density at radius 1 is 0.500 bits per heavy atom. The molecule has 8 aromatic carbocycles. The predicted octanol–water partition coefficient (Wildman–Crippen LogP) is 18.8. The highest BCUT2D eigenvalue weighted by Crippen LogP contribution is 2.46. The van der Waals surface area contributed by atoms with Gasteiger partial charge in [0.15, 0.2) is 0 Å². The van der Waals surface area contributed by atoms with Crippen LogP contribution in [0.2, 0.25) is 0 Å². The zero-order valence-corrected chi connectivity index (χ0v) is 42.7. The summed E-state index contributed by atoms with van der Waals surface area (Å²) in [5.41, 5.74) is 15.2. The number of nitrogens with zero attached hydrogens (tertiary/aromatic N) is 3. The number of pyridine rings is 1. The number of aromatic hydroxyl groups is 1. The van der Waals surface area contributed by atoms with Gasteiger partial charge in [-0.1, -0.05) is 190 Å². The molecular formula is C68H65N3O. The zero-order chi connectivity index (χ0) is 55.7. The van der Waals surface area contributed by atoms with Crippen LogP contribution in [0.4, 0.5) is 0 Å². The fourth-order valence-electron chi connectivity index (χ4n) is 9.73. The van der Waals surface area contributed by atoms with Gasteiger partial charge in [0.1, 0.15) is 11.6 Å². The maximum atomic E-state index is 12.6. The van der Waals surface area contributed by atoms with Crippen molar-refractivity contribution in [1.29, 1.82) is 0 Å². The molecule has 0 aliphatic heterocycles. The van der Waals surface area contributed by atoms with Crippen molar-refractivity contribution in [2.45, 2.75) is 92.3 Å². The smallest absolute Gasteiger partial charge is 0.149 e. The highest BCUT2D eigenvalue weighted by atomic mass is 16.3. The van der Waals surface area contributed by atoms with E-state index < -0.39 is 24.5 Å². The van der Waals surface area contributed by atoms with Crippen LogP contribution in [0.5, 0.6) is 5.75 Å². The standard InChI is InChI=1S/C68H65N3O/c1-42(2)46-24-26-48(27-25-46)51-32-33-69-62(40-51)55-36-53(47-18-13-11-14-19-47)35-54(37-55)57-22-17-23-63-65(57)70-67(61-39-52(43(3)4)38-58(44(5)6)66(61)72)71(63)64-34-45(7)59(41-60(64)49-20-15-12-16-21-49)50-28-30-56(31-29-50)68(8,9)10/h11-44,72H,1-10H3/i7D3,42D,43D,44D. The van der Waals surface area contributed by atoms with Gasteiger partial charge < -0.3 is 5.11 Å². The average Bonchev–Trinajstić information content (AvgIpc) is 4.03. The van der Waals surface area contributed by atoms with E-state index in [-0.39, 0.29) is 16.7 Å². The molecule has 0 aliphatic rings. The Hall–Kier alpha value is -7.82. The molecular weight excluding hydrogens is 875 g/mol. The summed E-state index contributed by atoms with van der Waals surface area (Å²) in [5, 5.41) is 12.6. The first-order valence-corrected chi connectivity index (χ1v) is 24.8. The number of hydrogen-bond acceptors (Lipinski definition) is 3. The van der Waals surface area contributed by atoms with Crippen LogP contribution in [0, 0.1) is 6.85 Å². The summed E-state index contributed by atoms with van der Waals surface area (Å²) in [7, 11) is 0. The SMILES string of the molecule is [2H]C([2H])([2H])c1cc(-n2c(-c3cc(C([2H])(C)C)cc(C([2H])(C)C)c3O)nc3c(-c4cc(-c5ccccc5)cc(-c5cc(-c6ccc(C([2H])(C)C)cc6)ccn5)c4)cccc32)c(-c2ccccc2)cc1-c1ccc(C(C)(C)C)cc1. The van der Waals surface area contributed by atoms with Gasteiger partial charge in [-0.25, -0.2) is 4.98 Å². The van der Waals surface area contributed by atoms with Crippen molar-refractivity contribution in [3.63, 3.8) is 0 Å². The van der Waals surface area contributed by atoms with Crippen LogP contribution < -0.4 is 0 Å². The van der Waals surface area contributed by atoms with E-state index in [4.69, 9.17) is 15.5 Å². The molecule has 358 valence electrons. The van der Waals surface area contributed by atoms with E-state index in [0.29, 0.717) is 44.8 Å². The molecule has 1 N–H and O–H groups in total. The Labute approximate surface area is 435 Å². The van der Waals surface area contributed by atoms with Gasteiger partial charge in [-0.15, -0.1) is 0 Å². The van der Waals surface area contributed by atoms with Crippen molar-refractivity contribution in [1.82, 2.24) is 14.5 Å². The molecule has 4 nitrogen and oxygen atoms in total. The van der Waals surface area contributed by atoms with Gasteiger partial charge in [-0.05, 0) is 157 Å². The number of aryl methyl sites for hydroxylation is 1. The monoisotopic (exact) mass is 946 g/mol. The number of phenolic OH excluding ortho intramolecular Hbond substituents is 1. The third-order valence-corrected chi connectivity index (χ3v) is 13.9. The summed E-state index contributed by atoms with van der Waals surface area (Å²) >= 11 is 0. The summed E-state index contributed by atoms with van der Waals surface area (Å²) in [6, 6.07) is 60.2. The van der Waals surface area contributed by atoms with Gasteiger partial charge >= 0.3 is 0 Å². The van der Waals surface area contributed by atoms with Crippen LogP contribution in [0.25, 0.3) is 95.0 Å². The number of benzene rings is 8. The van der Waals surface area contributed by atoms with E-state index in [1.54, 1.807) is 45.9 Å². The molecule has 0 bridgehead atoms. The lowest BCUT2D eigenvalue weighted by atomic mass is 9.85. The molecule has 2 aromatic heterocycles. The van der Waals surface area contributed by atoms with Gasteiger partial charge in [-0.3, -0.25) is 9.55 Å². The van der Waals surface area contributed by atoms with Gasteiger partial charge in [0.05, 0.1) is 28.0 Å². The largest absolute Gasteiger partial charge is 0.507 e. The van der Waals surface area contributed by atoms with E-state index in [1.165, 1.54) is 0 Å². The zero-order valence-electron chi connectivity index (χ0n) is 48.7. The van der Waals surface area contributed by atoms with E-state index in [1.807, 2.05) is 128 Å². The first kappa shape index (κ1) is 40.9. The van der Waals surface area contributed by atoms with Crippen LogP contribution in [0.15, 0.2) is 188 Å². The van der Waals surface area contributed by atoms with Gasteiger partial charge in [0.25, 0.3) is 0 Å². The van der Waals surface area contributed by atoms with E-state index in [0.717, 1.165) is 72.5 Å². The summed E-state index contributed by atoms with van der Waals surface area (Å²) in [6.45, 7) is 14.7. The van der Waals surface area contributed by atoms with Gasteiger partial charge in [0.2, 0.25) is 0 Å². The van der Waals surface area contributed by atoms with E-state index in [9.17, 15) is 7.85 Å². The molecule has 0 fully saturated rings. The van der Waals surface area contributed by atoms with Gasteiger partial charge in [0, 0.05) is 31.1 Å². The van der Waals surface area contributed by atoms with Crippen LogP contribution >= 0.6 is 0 Å². The normalized spacial score (nSPS) is 13.7. The lowest BCUT2D eigenvalue weighted by Crippen LogP contribution is -2.10. The summed E-state index contributed by atoms with van der Waals surface area (Å²) in [6.07, 6.45) is 1.83. The molecule has 0 atom stereocenters. The Kier molecular flexibility index (Phi) is 11.0. The van der Waals surface area contributed by atoms with Crippen LogP contribution in [0.1, 0.15) is 116 Å². The predicted molar refractivity (Wildman–Crippen MR) is 304 cm³/mol. The summed E-state index contributed by atoms with van der Waals surface area (Å²) < 4.78 is 56.6. The Balaban J connectivity index is 1.29. The van der Waals surface area contributed by atoms with Crippen molar-refractivity contribution in [2.75, 3.05) is 0 Å². The van der Waals surface area contributed by atoms with Crippen molar-refractivity contribution < 1.29 is 13.3 Å². The lowest BCUT2D eigenvalue weighted by Gasteiger charge is -2.22. The average molecular weight is 946 g/mol. The summed E-state index contributed by atoms with van der Waals surface area (Å²) in [5.74, 6) is -2.98. The lowest BCUT2D eigenvalue weighted by molar-refractivity contribution is 0.466. The maximum Gasteiger partial charge on any atom is 0.149 e. The Morgan fingerprint density at radius 3 is 1.78 bits per heavy atom. The Morgan fingerprint density at radius 2 is 1.12 bits per heavy atom. The molecule has 0 amide bonds. The fourth-order valence-corrected chi connectivity index (χ4v) is 9.73. The van der Waals surface area contributed by atoms with Crippen molar-refractivity contribution in [3.05, 3.63) is 216 Å². The number of fused-ring (bicyclic) bond motifs is 1. The van der Waals surface area contributed by atoms with Crippen LogP contribution in [0.3, 0.4) is 0 Å². The minimum atomic E-state index is -2.56. The minimum Gasteiger partial charge on any atom is -0.507 e. The summed E-state index contributed by atoms with van der Waals surface area (Å²) in [4.78, 5) is 10.5. The van der Waals surface area contributed by atoms with Crippen LogP contribution in [-0.2, 0) is 5.41 Å². The van der Waals surface area contributed by atoms with Crippen molar-refractivity contribution in [2.24, 2.45) is 0 Å². The molecule has 0 saturated carbocycles. The quantitative estimate of drug-likeness (QED) is 0.141. The molecule has 72 heavy (non-hydrogen) atoms. The number of para-hydroxylation sites is 1. The Bertz CT molecular complexity index is 3850.